The van der Waals surface area contributed by atoms with E-state index in [-0.39, 0.29) is 23.9 Å². The van der Waals surface area contributed by atoms with E-state index in [9.17, 15) is 19.8 Å². The average molecular weight is 364 g/mol. The molecule has 2 saturated carbocycles. The van der Waals surface area contributed by atoms with Crippen LogP contribution < -0.4 is 0 Å². The molecule has 0 aromatic rings. The molecule has 0 unspecified atom stereocenters. The fraction of sp³-hybridized carbons (Fsp3) is 0.900. The number of hydrogen-bond acceptors (Lipinski definition) is 4. The second kappa shape index (κ2) is 7.12. The Morgan fingerprint density at radius 3 is 1.96 bits per heavy atom. The molecule has 0 aromatic carbocycles. The van der Waals surface area contributed by atoms with E-state index >= 15 is 0 Å². The van der Waals surface area contributed by atoms with Crippen LogP contribution in [-0.2, 0) is 9.59 Å². The minimum absolute atomic E-state index is 0.158. The molecule has 2 amide bonds. The highest BCUT2D eigenvalue weighted by atomic mass is 16.3. The molecule has 0 bridgehead atoms. The van der Waals surface area contributed by atoms with Crippen molar-refractivity contribution in [1.29, 1.82) is 0 Å². The number of aliphatic hydroxyl groups excluding tert-OH is 1. The molecule has 2 saturated heterocycles. The summed E-state index contributed by atoms with van der Waals surface area (Å²) in [5, 5.41) is 21.8. The maximum Gasteiger partial charge on any atom is 0.255 e. The molecule has 0 aromatic heterocycles. The van der Waals surface area contributed by atoms with Crippen LogP contribution >= 0.6 is 0 Å². The molecule has 146 valence electrons. The minimum Gasteiger partial charge on any atom is -0.383 e. The van der Waals surface area contributed by atoms with E-state index in [0.717, 1.165) is 51.4 Å². The lowest BCUT2D eigenvalue weighted by molar-refractivity contribution is -0.154. The second-order valence-electron chi connectivity index (χ2n) is 8.80. The molecule has 2 aliphatic carbocycles. The van der Waals surface area contributed by atoms with Crippen LogP contribution in [0.4, 0.5) is 0 Å². The molecule has 3 atom stereocenters. The predicted octanol–water partition coefficient (Wildman–Crippen LogP) is 1.43. The van der Waals surface area contributed by atoms with Gasteiger partial charge in [-0.15, -0.1) is 0 Å². The third-order valence-corrected chi connectivity index (χ3v) is 7.32. The van der Waals surface area contributed by atoms with E-state index < -0.39 is 17.6 Å². The lowest BCUT2D eigenvalue weighted by Crippen LogP contribution is -2.52. The summed E-state index contributed by atoms with van der Waals surface area (Å²) < 4.78 is 0. The summed E-state index contributed by atoms with van der Waals surface area (Å²) >= 11 is 0. The van der Waals surface area contributed by atoms with Crippen molar-refractivity contribution < 1.29 is 19.8 Å². The molecule has 6 heteroatoms. The fourth-order valence-corrected chi connectivity index (χ4v) is 5.71. The molecule has 4 aliphatic rings. The fourth-order valence-electron chi connectivity index (χ4n) is 5.71. The molecule has 0 radical (unpaired) electrons. The molecule has 6 nitrogen and oxygen atoms in total. The average Bonchev–Trinajstić information content (AvgIpc) is 3.15. The smallest absolute Gasteiger partial charge is 0.255 e. The molecular weight excluding hydrogens is 332 g/mol. The maximum absolute atomic E-state index is 13.1. The highest BCUT2D eigenvalue weighted by Gasteiger charge is 2.59. The van der Waals surface area contributed by atoms with Crippen LogP contribution in [0.15, 0.2) is 0 Å². The van der Waals surface area contributed by atoms with Crippen molar-refractivity contribution in [2.45, 2.75) is 94.4 Å². The Bertz CT molecular complexity index is 556. The first kappa shape index (κ1) is 18.2. The van der Waals surface area contributed by atoms with Crippen molar-refractivity contribution in [3.8, 4) is 0 Å². The molecule has 26 heavy (non-hydrogen) atoms. The second-order valence-corrected chi connectivity index (χ2v) is 8.80. The van der Waals surface area contributed by atoms with Gasteiger partial charge in [0.2, 0.25) is 0 Å². The zero-order valence-electron chi connectivity index (χ0n) is 15.6. The molecule has 0 spiro atoms. The molecule has 4 rings (SSSR count). The van der Waals surface area contributed by atoms with Crippen molar-refractivity contribution in [3.05, 3.63) is 0 Å². The largest absolute Gasteiger partial charge is 0.383 e. The van der Waals surface area contributed by atoms with Gasteiger partial charge in [0.15, 0.2) is 5.60 Å². The van der Waals surface area contributed by atoms with Crippen molar-refractivity contribution in [3.63, 3.8) is 0 Å². The van der Waals surface area contributed by atoms with Crippen molar-refractivity contribution in [1.82, 2.24) is 9.80 Å². The molecular formula is C20H32N2O4. The van der Waals surface area contributed by atoms with Crippen LogP contribution in [0, 0.1) is 5.92 Å². The van der Waals surface area contributed by atoms with E-state index in [1.165, 1.54) is 12.8 Å². The monoisotopic (exact) mass is 364 g/mol. The van der Waals surface area contributed by atoms with Crippen LogP contribution in [0.2, 0.25) is 0 Å². The topological polar surface area (TPSA) is 81.1 Å². The number of carbonyl (C=O) groups excluding carboxylic acids is 2. The lowest BCUT2D eigenvalue weighted by Gasteiger charge is -2.35. The number of rotatable bonds is 3. The van der Waals surface area contributed by atoms with Crippen molar-refractivity contribution in [2.75, 3.05) is 13.1 Å². The van der Waals surface area contributed by atoms with Crippen LogP contribution in [0.5, 0.6) is 0 Å². The number of amides is 2. The predicted molar refractivity (Wildman–Crippen MR) is 96.2 cm³/mol. The van der Waals surface area contributed by atoms with Gasteiger partial charge in [0, 0.05) is 37.5 Å². The number of aliphatic hydroxyl groups is 2. The Hall–Kier alpha value is -1.14. The van der Waals surface area contributed by atoms with Crippen LogP contribution in [0.1, 0.15) is 70.6 Å². The molecule has 2 N–H and O–H groups in total. The van der Waals surface area contributed by atoms with Gasteiger partial charge in [0.1, 0.15) is 6.10 Å². The van der Waals surface area contributed by atoms with Gasteiger partial charge < -0.3 is 20.0 Å². The number of nitrogens with zero attached hydrogens (tertiary/aromatic N) is 2. The Kier molecular flexibility index (Phi) is 4.99. The van der Waals surface area contributed by atoms with Gasteiger partial charge in [0.05, 0.1) is 0 Å². The zero-order chi connectivity index (χ0) is 18.3. The number of carbonyl (C=O) groups is 2. The first-order valence-electron chi connectivity index (χ1n) is 10.5. The van der Waals surface area contributed by atoms with Crippen LogP contribution in [0.3, 0.4) is 0 Å². The van der Waals surface area contributed by atoms with E-state index in [1.807, 2.05) is 4.90 Å². The van der Waals surface area contributed by atoms with Gasteiger partial charge in [-0.25, -0.2) is 0 Å². The van der Waals surface area contributed by atoms with Crippen molar-refractivity contribution in [2.24, 2.45) is 5.92 Å². The highest BCUT2D eigenvalue weighted by Crippen LogP contribution is 2.40. The van der Waals surface area contributed by atoms with Gasteiger partial charge >= 0.3 is 0 Å². The van der Waals surface area contributed by atoms with Gasteiger partial charge in [-0.2, -0.15) is 0 Å². The summed E-state index contributed by atoms with van der Waals surface area (Å²) in [6.07, 6.45) is 9.90. The standard InChI is InChI=1S/C20H32N2O4/c23-17-16(13-22(18(17)24)15-9-5-2-6-10-15)20(26)11-12-21(19(20)25)14-7-3-1-4-8-14/h14-17,23,26H,1-13H2/t16-,17-,20-/m1/s1. The number of hydrogen-bond donors (Lipinski definition) is 2. The van der Waals surface area contributed by atoms with Crippen LogP contribution in [-0.4, -0.2) is 68.7 Å². The Balaban J connectivity index is 1.49. The lowest BCUT2D eigenvalue weighted by atomic mass is 9.83. The summed E-state index contributed by atoms with van der Waals surface area (Å²) in [7, 11) is 0. The molecule has 2 aliphatic heterocycles. The van der Waals surface area contributed by atoms with Crippen molar-refractivity contribution >= 4 is 11.8 Å². The van der Waals surface area contributed by atoms with Gasteiger partial charge in [0.25, 0.3) is 11.8 Å². The molecule has 2 heterocycles. The number of likely N-dealkylation sites (tertiary alicyclic amines) is 2. The highest BCUT2D eigenvalue weighted by molar-refractivity contribution is 5.91. The minimum atomic E-state index is -1.59. The summed E-state index contributed by atoms with van der Waals surface area (Å²) in [5.41, 5.74) is -1.59. The van der Waals surface area contributed by atoms with Gasteiger partial charge in [-0.3, -0.25) is 9.59 Å². The Labute approximate surface area is 155 Å². The quantitative estimate of drug-likeness (QED) is 0.794. The van der Waals surface area contributed by atoms with Gasteiger partial charge in [-0.05, 0) is 25.7 Å². The zero-order valence-corrected chi connectivity index (χ0v) is 15.6. The SMILES string of the molecule is O=C1[C@H](O)[C@H]([C@]2(O)CCN(C3CCCCC3)C2=O)CN1C1CCCCC1. The third kappa shape index (κ3) is 2.95. The van der Waals surface area contributed by atoms with Crippen LogP contribution in [0.25, 0.3) is 0 Å². The van der Waals surface area contributed by atoms with E-state index in [1.54, 1.807) is 4.90 Å². The first-order chi connectivity index (χ1) is 12.5. The maximum atomic E-state index is 13.1. The summed E-state index contributed by atoms with van der Waals surface area (Å²) in [4.78, 5) is 29.3. The third-order valence-electron chi connectivity index (χ3n) is 7.32. The van der Waals surface area contributed by atoms with Gasteiger partial charge in [-0.1, -0.05) is 38.5 Å². The summed E-state index contributed by atoms with van der Waals surface area (Å²) in [6.45, 7) is 0.853. The van der Waals surface area contributed by atoms with E-state index in [2.05, 4.69) is 0 Å². The molecule has 4 fully saturated rings. The van der Waals surface area contributed by atoms with E-state index in [4.69, 9.17) is 0 Å². The summed E-state index contributed by atoms with van der Waals surface area (Å²) in [6, 6.07) is 0.374. The Morgan fingerprint density at radius 1 is 0.846 bits per heavy atom. The summed E-state index contributed by atoms with van der Waals surface area (Å²) in [5.74, 6) is -1.25. The van der Waals surface area contributed by atoms with E-state index in [0.29, 0.717) is 19.5 Å². The normalized spacial score (nSPS) is 37.8. The first-order valence-corrected chi connectivity index (χ1v) is 10.5. The Morgan fingerprint density at radius 2 is 1.38 bits per heavy atom.